The summed E-state index contributed by atoms with van der Waals surface area (Å²) >= 11 is 6.01. The highest BCUT2D eigenvalue weighted by Crippen LogP contribution is 2.37. The van der Waals surface area contributed by atoms with Gasteiger partial charge in [0, 0.05) is 31.2 Å². The van der Waals surface area contributed by atoms with Crippen LogP contribution in [0.4, 0.5) is 5.69 Å². The van der Waals surface area contributed by atoms with E-state index in [9.17, 15) is 13.2 Å². The van der Waals surface area contributed by atoms with Gasteiger partial charge in [-0.15, -0.1) is 0 Å². The van der Waals surface area contributed by atoms with Gasteiger partial charge in [0.25, 0.3) is 5.91 Å². The minimum atomic E-state index is -3.60. The van der Waals surface area contributed by atoms with Crippen LogP contribution in [0.5, 0.6) is 5.75 Å². The second-order valence-electron chi connectivity index (χ2n) is 7.94. The zero-order valence-electron chi connectivity index (χ0n) is 17.8. The van der Waals surface area contributed by atoms with E-state index in [4.69, 9.17) is 21.1 Å². The third-order valence-corrected chi connectivity index (χ3v) is 6.86. The monoisotopic (exact) mass is 479 g/mol. The number of benzene rings is 2. The lowest BCUT2D eigenvalue weighted by molar-refractivity contribution is -0.127. The van der Waals surface area contributed by atoms with E-state index in [0.29, 0.717) is 23.0 Å². The molecule has 172 valence electrons. The van der Waals surface area contributed by atoms with Crippen molar-refractivity contribution in [2.75, 3.05) is 43.4 Å². The molecule has 2 heterocycles. The quantitative estimate of drug-likeness (QED) is 0.682. The second kappa shape index (κ2) is 9.66. The minimum absolute atomic E-state index is 0.115. The van der Waals surface area contributed by atoms with Crippen LogP contribution in [0.2, 0.25) is 5.02 Å². The molecule has 0 aliphatic carbocycles. The molecule has 0 bridgehead atoms. The van der Waals surface area contributed by atoms with Crippen molar-refractivity contribution in [1.29, 1.82) is 0 Å². The molecule has 1 saturated heterocycles. The van der Waals surface area contributed by atoms with Gasteiger partial charge < -0.3 is 14.8 Å². The average molecular weight is 480 g/mol. The largest absolute Gasteiger partial charge is 0.476 e. The molecule has 1 amide bonds. The first-order valence-electron chi connectivity index (χ1n) is 10.4. The molecule has 32 heavy (non-hydrogen) atoms. The summed E-state index contributed by atoms with van der Waals surface area (Å²) in [5.41, 5.74) is 2.49. The van der Waals surface area contributed by atoms with Crippen LogP contribution in [0, 0.1) is 0 Å². The van der Waals surface area contributed by atoms with E-state index in [1.54, 1.807) is 12.1 Å². The third-order valence-electron chi connectivity index (χ3n) is 5.48. The van der Waals surface area contributed by atoms with Gasteiger partial charge in [0.05, 0.1) is 31.7 Å². The summed E-state index contributed by atoms with van der Waals surface area (Å²) in [6.07, 6.45) is 0.134. The third kappa shape index (κ3) is 5.53. The van der Waals surface area contributed by atoms with Crippen molar-refractivity contribution in [2.24, 2.45) is 0 Å². The maximum absolute atomic E-state index is 12.7. The highest BCUT2D eigenvalue weighted by molar-refractivity contribution is 7.92. The van der Waals surface area contributed by atoms with E-state index >= 15 is 0 Å². The number of anilines is 1. The van der Waals surface area contributed by atoms with Crippen LogP contribution in [0.25, 0.3) is 0 Å². The molecule has 2 aromatic carbocycles. The molecule has 0 unspecified atom stereocenters. The number of sulfonamides is 1. The average Bonchev–Trinajstić information content (AvgIpc) is 2.77. The van der Waals surface area contributed by atoms with Gasteiger partial charge in [0.2, 0.25) is 10.0 Å². The maximum Gasteiger partial charge on any atom is 0.263 e. The van der Waals surface area contributed by atoms with Crippen molar-refractivity contribution in [3.05, 3.63) is 58.6 Å². The predicted octanol–water partition coefficient (Wildman–Crippen LogP) is 2.02. The number of fused-ring (bicyclic) bond motifs is 1. The maximum atomic E-state index is 12.7. The SMILES string of the molecule is CS(=O)(=O)N1C[C@@H](C(=O)NCc2ccc(CN3CCOCC3)cc2)Oc2ccc(Cl)cc21. The van der Waals surface area contributed by atoms with Crippen LogP contribution in [-0.4, -0.2) is 64.4 Å². The van der Waals surface area contributed by atoms with Crippen LogP contribution in [-0.2, 0) is 32.6 Å². The highest BCUT2D eigenvalue weighted by atomic mass is 35.5. The molecular formula is C22H26ClN3O5S. The van der Waals surface area contributed by atoms with E-state index in [-0.39, 0.29) is 12.5 Å². The summed E-state index contributed by atoms with van der Waals surface area (Å²) in [7, 11) is -3.60. The van der Waals surface area contributed by atoms with Gasteiger partial charge in [0.15, 0.2) is 6.10 Å². The Kier molecular flexibility index (Phi) is 6.90. The Bertz CT molecular complexity index is 1070. The number of nitrogens with zero attached hydrogens (tertiary/aromatic N) is 2. The van der Waals surface area contributed by atoms with E-state index in [0.717, 1.165) is 49.0 Å². The first-order valence-corrected chi connectivity index (χ1v) is 12.6. The number of ether oxygens (including phenoxy) is 2. The molecule has 10 heteroatoms. The van der Waals surface area contributed by atoms with Gasteiger partial charge in [-0.2, -0.15) is 0 Å². The Hall–Kier alpha value is -2.33. The normalized spacial score (nSPS) is 19.2. The fourth-order valence-electron chi connectivity index (χ4n) is 3.76. The molecule has 2 aliphatic rings. The van der Waals surface area contributed by atoms with Gasteiger partial charge in [-0.25, -0.2) is 8.42 Å². The molecule has 1 N–H and O–H groups in total. The summed E-state index contributed by atoms with van der Waals surface area (Å²) in [4.78, 5) is 15.1. The Morgan fingerprint density at radius 3 is 2.50 bits per heavy atom. The number of carbonyl (C=O) groups is 1. The van der Waals surface area contributed by atoms with Gasteiger partial charge in [-0.05, 0) is 29.3 Å². The number of rotatable bonds is 6. The predicted molar refractivity (Wildman–Crippen MR) is 122 cm³/mol. The highest BCUT2D eigenvalue weighted by Gasteiger charge is 2.35. The van der Waals surface area contributed by atoms with Gasteiger partial charge in [-0.1, -0.05) is 35.9 Å². The molecule has 0 radical (unpaired) electrons. The Morgan fingerprint density at radius 2 is 1.81 bits per heavy atom. The molecule has 0 spiro atoms. The van der Waals surface area contributed by atoms with Crippen LogP contribution >= 0.6 is 11.6 Å². The topological polar surface area (TPSA) is 88.2 Å². The summed E-state index contributed by atoms with van der Waals surface area (Å²) in [6, 6.07) is 12.8. The van der Waals surface area contributed by atoms with E-state index in [2.05, 4.69) is 22.3 Å². The number of morpholine rings is 1. The molecule has 0 saturated carbocycles. The Balaban J connectivity index is 1.37. The summed E-state index contributed by atoms with van der Waals surface area (Å²) in [5.74, 6) is -0.0738. The number of hydrogen-bond acceptors (Lipinski definition) is 6. The zero-order valence-corrected chi connectivity index (χ0v) is 19.4. The lowest BCUT2D eigenvalue weighted by atomic mass is 10.1. The lowest BCUT2D eigenvalue weighted by Crippen LogP contribution is -2.50. The van der Waals surface area contributed by atoms with Crippen LogP contribution in [0.15, 0.2) is 42.5 Å². The van der Waals surface area contributed by atoms with Crippen molar-refractivity contribution in [1.82, 2.24) is 10.2 Å². The number of hydrogen-bond donors (Lipinski definition) is 1. The van der Waals surface area contributed by atoms with Crippen molar-refractivity contribution < 1.29 is 22.7 Å². The molecule has 8 nitrogen and oxygen atoms in total. The Labute approximate surface area is 193 Å². The molecule has 1 atom stereocenters. The fraction of sp³-hybridized carbons (Fsp3) is 0.409. The number of halogens is 1. The number of carbonyl (C=O) groups excluding carboxylic acids is 1. The van der Waals surface area contributed by atoms with Crippen LogP contribution in [0.1, 0.15) is 11.1 Å². The first kappa shape index (κ1) is 22.8. The van der Waals surface area contributed by atoms with Crippen molar-refractivity contribution in [2.45, 2.75) is 19.2 Å². The smallest absolute Gasteiger partial charge is 0.263 e. The van der Waals surface area contributed by atoms with Crippen molar-refractivity contribution in [3.8, 4) is 5.75 Å². The molecule has 2 aliphatic heterocycles. The summed E-state index contributed by atoms with van der Waals surface area (Å²) in [6.45, 7) is 4.47. The van der Waals surface area contributed by atoms with Crippen molar-refractivity contribution >= 4 is 33.2 Å². The molecule has 4 rings (SSSR count). The summed E-state index contributed by atoms with van der Waals surface area (Å²) in [5, 5.41) is 3.24. The lowest BCUT2D eigenvalue weighted by Gasteiger charge is -2.34. The van der Waals surface area contributed by atoms with Gasteiger partial charge in [-0.3, -0.25) is 14.0 Å². The van der Waals surface area contributed by atoms with Crippen LogP contribution in [0.3, 0.4) is 0 Å². The van der Waals surface area contributed by atoms with E-state index in [1.165, 1.54) is 11.6 Å². The van der Waals surface area contributed by atoms with Crippen LogP contribution < -0.4 is 14.4 Å². The van der Waals surface area contributed by atoms with Gasteiger partial charge in [0.1, 0.15) is 5.75 Å². The fourth-order valence-corrected chi connectivity index (χ4v) is 4.83. The molecule has 1 fully saturated rings. The Morgan fingerprint density at radius 1 is 1.12 bits per heavy atom. The van der Waals surface area contributed by atoms with E-state index < -0.39 is 16.1 Å². The molecule has 2 aromatic rings. The summed E-state index contributed by atoms with van der Waals surface area (Å²) < 4.78 is 36.8. The van der Waals surface area contributed by atoms with E-state index in [1.807, 2.05) is 12.1 Å². The zero-order chi connectivity index (χ0) is 22.7. The first-order chi connectivity index (χ1) is 15.3. The number of amides is 1. The second-order valence-corrected chi connectivity index (χ2v) is 10.3. The molecule has 0 aromatic heterocycles. The number of nitrogens with one attached hydrogen (secondary N) is 1. The van der Waals surface area contributed by atoms with Gasteiger partial charge >= 0.3 is 0 Å². The molecular weight excluding hydrogens is 454 g/mol. The standard InChI is InChI=1S/C22H26ClN3O5S/c1-32(28,29)26-15-21(31-20-7-6-18(23)12-19(20)26)22(27)24-13-16-2-4-17(5-3-16)14-25-8-10-30-11-9-25/h2-7,12,21H,8-11,13-15H2,1H3,(H,24,27)/t21-/m0/s1. The van der Waals surface area contributed by atoms with Crippen molar-refractivity contribution in [3.63, 3.8) is 0 Å². The minimum Gasteiger partial charge on any atom is -0.476 e.